The summed E-state index contributed by atoms with van der Waals surface area (Å²) in [6.07, 6.45) is 3.77. The van der Waals surface area contributed by atoms with E-state index in [-0.39, 0.29) is 11.4 Å². The molecule has 1 atom stereocenters. The van der Waals surface area contributed by atoms with Gasteiger partial charge in [0.15, 0.2) is 0 Å². The van der Waals surface area contributed by atoms with Crippen molar-refractivity contribution in [2.75, 3.05) is 19.6 Å². The van der Waals surface area contributed by atoms with Crippen LogP contribution in [0.25, 0.3) is 0 Å². The predicted molar refractivity (Wildman–Crippen MR) is 80.4 cm³/mol. The van der Waals surface area contributed by atoms with Gasteiger partial charge in [0.1, 0.15) is 5.82 Å². The Morgan fingerprint density at radius 3 is 2.95 bits per heavy atom. The lowest BCUT2D eigenvalue weighted by molar-refractivity contribution is 0.193. The molecular formula is C16H22ClFN2. The molecule has 1 aliphatic carbocycles. The molecule has 4 heteroatoms. The van der Waals surface area contributed by atoms with Crippen LogP contribution in [0.5, 0.6) is 0 Å². The standard InChI is InChI=1S/C16H22ClFN2/c1-16(13-4-5-13)11-20(8-2-7-19-16)10-12-3-6-14(17)9-15(12)18/h3,6,9,13,19H,2,4-5,7-8,10-11H2,1H3. The number of hydrogen-bond acceptors (Lipinski definition) is 2. The Morgan fingerprint density at radius 2 is 2.25 bits per heavy atom. The summed E-state index contributed by atoms with van der Waals surface area (Å²) in [7, 11) is 0. The van der Waals surface area contributed by atoms with E-state index in [2.05, 4.69) is 17.1 Å². The molecule has 1 N–H and O–H groups in total. The van der Waals surface area contributed by atoms with Crippen LogP contribution in [0.4, 0.5) is 4.39 Å². The third kappa shape index (κ3) is 3.16. The molecule has 0 aromatic heterocycles. The van der Waals surface area contributed by atoms with Crippen LogP contribution in [0.3, 0.4) is 0 Å². The molecular weight excluding hydrogens is 275 g/mol. The highest BCUT2D eigenvalue weighted by Crippen LogP contribution is 2.40. The molecule has 2 nitrogen and oxygen atoms in total. The van der Waals surface area contributed by atoms with Gasteiger partial charge in [-0.3, -0.25) is 4.90 Å². The molecule has 1 aromatic rings. The third-order valence-corrected chi connectivity index (χ3v) is 4.85. The van der Waals surface area contributed by atoms with Crippen molar-refractivity contribution < 1.29 is 4.39 Å². The van der Waals surface area contributed by atoms with Crippen molar-refractivity contribution in [3.8, 4) is 0 Å². The average Bonchev–Trinajstić information content (AvgIpc) is 3.21. The van der Waals surface area contributed by atoms with E-state index in [0.29, 0.717) is 11.6 Å². The van der Waals surface area contributed by atoms with E-state index in [1.807, 2.05) is 6.07 Å². The van der Waals surface area contributed by atoms with Crippen molar-refractivity contribution in [2.45, 2.75) is 38.3 Å². The van der Waals surface area contributed by atoms with Crippen molar-refractivity contribution >= 4 is 11.6 Å². The maximum absolute atomic E-state index is 13.9. The molecule has 0 bridgehead atoms. The lowest BCUT2D eigenvalue weighted by atomic mass is 9.95. The number of nitrogens with zero attached hydrogens (tertiary/aromatic N) is 1. The SMILES string of the molecule is CC1(C2CC2)CN(Cc2ccc(Cl)cc2F)CCCN1. The quantitative estimate of drug-likeness (QED) is 0.919. The number of nitrogens with one attached hydrogen (secondary N) is 1. The smallest absolute Gasteiger partial charge is 0.129 e. The summed E-state index contributed by atoms with van der Waals surface area (Å²) in [5.74, 6) is 0.598. The van der Waals surface area contributed by atoms with Gasteiger partial charge in [0.25, 0.3) is 0 Å². The molecule has 1 aliphatic heterocycles. The van der Waals surface area contributed by atoms with Gasteiger partial charge in [-0.05, 0) is 57.3 Å². The summed E-state index contributed by atoms with van der Waals surface area (Å²) in [4.78, 5) is 2.38. The number of halogens is 2. The third-order valence-electron chi connectivity index (χ3n) is 4.62. The van der Waals surface area contributed by atoms with Gasteiger partial charge in [0, 0.05) is 29.2 Å². The predicted octanol–water partition coefficient (Wildman–Crippen LogP) is 3.44. The second-order valence-electron chi connectivity index (χ2n) is 6.42. The fourth-order valence-electron chi connectivity index (χ4n) is 3.30. The van der Waals surface area contributed by atoms with Gasteiger partial charge in [0.2, 0.25) is 0 Å². The van der Waals surface area contributed by atoms with Crippen LogP contribution < -0.4 is 5.32 Å². The molecule has 1 aromatic carbocycles. The minimum Gasteiger partial charge on any atom is -0.310 e. The first-order chi connectivity index (χ1) is 9.57. The van der Waals surface area contributed by atoms with E-state index in [0.717, 1.165) is 37.5 Å². The van der Waals surface area contributed by atoms with E-state index in [1.54, 1.807) is 6.07 Å². The van der Waals surface area contributed by atoms with Gasteiger partial charge in [-0.2, -0.15) is 0 Å². The molecule has 3 rings (SSSR count). The topological polar surface area (TPSA) is 15.3 Å². The Labute approximate surface area is 125 Å². The summed E-state index contributed by atoms with van der Waals surface area (Å²) < 4.78 is 13.9. The summed E-state index contributed by atoms with van der Waals surface area (Å²) in [5, 5.41) is 4.17. The Bertz CT molecular complexity index is 489. The van der Waals surface area contributed by atoms with Crippen LogP contribution in [0.2, 0.25) is 5.02 Å². The largest absolute Gasteiger partial charge is 0.310 e. The van der Waals surface area contributed by atoms with Gasteiger partial charge in [0.05, 0.1) is 0 Å². The first-order valence-corrected chi connectivity index (χ1v) is 7.86. The zero-order chi connectivity index (χ0) is 14.2. The number of hydrogen-bond donors (Lipinski definition) is 1. The first-order valence-electron chi connectivity index (χ1n) is 7.48. The summed E-state index contributed by atoms with van der Waals surface area (Å²) in [5.41, 5.74) is 0.939. The van der Waals surface area contributed by atoms with Crippen molar-refractivity contribution in [1.82, 2.24) is 10.2 Å². The molecule has 1 saturated heterocycles. The molecule has 0 amide bonds. The maximum atomic E-state index is 13.9. The van der Waals surface area contributed by atoms with E-state index < -0.39 is 0 Å². The van der Waals surface area contributed by atoms with Crippen LogP contribution in [0.15, 0.2) is 18.2 Å². The van der Waals surface area contributed by atoms with Crippen LogP contribution >= 0.6 is 11.6 Å². The minimum atomic E-state index is -0.192. The van der Waals surface area contributed by atoms with Crippen LogP contribution in [0.1, 0.15) is 31.7 Å². The highest BCUT2D eigenvalue weighted by molar-refractivity contribution is 6.30. The van der Waals surface area contributed by atoms with Gasteiger partial charge in [-0.1, -0.05) is 17.7 Å². The Balaban J connectivity index is 1.72. The Hall–Kier alpha value is -0.640. The van der Waals surface area contributed by atoms with Gasteiger partial charge in [-0.15, -0.1) is 0 Å². The lowest BCUT2D eigenvalue weighted by Gasteiger charge is -2.34. The molecule has 110 valence electrons. The van der Waals surface area contributed by atoms with Gasteiger partial charge >= 0.3 is 0 Å². The second-order valence-corrected chi connectivity index (χ2v) is 6.85. The summed E-state index contributed by atoms with van der Waals surface area (Å²) >= 11 is 5.82. The number of rotatable bonds is 3. The molecule has 1 unspecified atom stereocenters. The summed E-state index contributed by atoms with van der Waals surface area (Å²) in [6.45, 7) is 6.08. The second kappa shape index (κ2) is 5.63. The maximum Gasteiger partial charge on any atom is 0.129 e. The van der Waals surface area contributed by atoms with E-state index in [4.69, 9.17) is 11.6 Å². The molecule has 0 spiro atoms. The Morgan fingerprint density at radius 1 is 1.45 bits per heavy atom. The van der Waals surface area contributed by atoms with Crippen molar-refractivity contribution in [1.29, 1.82) is 0 Å². The molecule has 2 aliphatic rings. The first kappa shape index (κ1) is 14.3. The van der Waals surface area contributed by atoms with E-state index in [1.165, 1.54) is 18.9 Å². The molecule has 0 radical (unpaired) electrons. The van der Waals surface area contributed by atoms with Crippen LogP contribution in [-0.4, -0.2) is 30.1 Å². The highest BCUT2D eigenvalue weighted by atomic mass is 35.5. The zero-order valence-electron chi connectivity index (χ0n) is 12.0. The highest BCUT2D eigenvalue weighted by Gasteiger charge is 2.42. The fraction of sp³-hybridized carbons (Fsp3) is 0.625. The van der Waals surface area contributed by atoms with Gasteiger partial charge < -0.3 is 5.32 Å². The molecule has 1 heterocycles. The zero-order valence-corrected chi connectivity index (χ0v) is 12.7. The molecule has 20 heavy (non-hydrogen) atoms. The van der Waals surface area contributed by atoms with Crippen LogP contribution in [0, 0.1) is 11.7 Å². The minimum absolute atomic E-state index is 0.192. The van der Waals surface area contributed by atoms with Crippen LogP contribution in [-0.2, 0) is 6.54 Å². The monoisotopic (exact) mass is 296 g/mol. The van der Waals surface area contributed by atoms with Crippen molar-refractivity contribution in [3.05, 3.63) is 34.6 Å². The molecule has 2 fully saturated rings. The fourth-order valence-corrected chi connectivity index (χ4v) is 3.45. The van der Waals surface area contributed by atoms with E-state index in [9.17, 15) is 4.39 Å². The van der Waals surface area contributed by atoms with E-state index >= 15 is 0 Å². The van der Waals surface area contributed by atoms with Gasteiger partial charge in [-0.25, -0.2) is 4.39 Å². The number of benzene rings is 1. The summed E-state index contributed by atoms with van der Waals surface area (Å²) in [6, 6.07) is 4.99. The molecule has 1 saturated carbocycles. The van der Waals surface area contributed by atoms with Crippen molar-refractivity contribution in [2.24, 2.45) is 5.92 Å². The lowest BCUT2D eigenvalue weighted by Crippen LogP contribution is -2.50. The van der Waals surface area contributed by atoms with Crippen molar-refractivity contribution in [3.63, 3.8) is 0 Å². The average molecular weight is 297 g/mol. The Kier molecular flexibility index (Phi) is 4.02. The normalized spacial score (nSPS) is 28.4.